The lowest BCUT2D eigenvalue weighted by Gasteiger charge is -2.07. The molecule has 112 valence electrons. The fraction of sp³-hybridized carbons (Fsp3) is 0.357. The maximum absolute atomic E-state index is 12.4. The van der Waals surface area contributed by atoms with Crippen molar-refractivity contribution in [2.45, 2.75) is 13.0 Å². The molecule has 0 atom stereocenters. The molecule has 0 aliphatic heterocycles. The first-order chi connectivity index (χ1) is 10.2. The number of carbonyl (C=O) groups excluding carboxylic acids is 1. The fourth-order valence-electron chi connectivity index (χ4n) is 1.89. The summed E-state index contributed by atoms with van der Waals surface area (Å²) in [6.07, 6.45) is 3.52. The molecule has 0 radical (unpaired) electrons. The van der Waals surface area contributed by atoms with Gasteiger partial charge in [-0.15, -0.1) is 0 Å². The number of rotatable bonds is 7. The minimum absolute atomic E-state index is 0.0255. The summed E-state index contributed by atoms with van der Waals surface area (Å²) in [6, 6.07) is 3.56. The third-order valence-corrected chi connectivity index (χ3v) is 3.52. The summed E-state index contributed by atoms with van der Waals surface area (Å²) in [4.78, 5) is 16.5. The highest BCUT2D eigenvalue weighted by molar-refractivity contribution is 9.10. The number of ether oxygens (including phenoxy) is 2. The van der Waals surface area contributed by atoms with E-state index in [0.717, 1.165) is 5.56 Å². The van der Waals surface area contributed by atoms with E-state index in [4.69, 9.17) is 9.47 Å². The van der Waals surface area contributed by atoms with E-state index in [9.17, 15) is 4.79 Å². The summed E-state index contributed by atoms with van der Waals surface area (Å²) < 4.78 is 12.4. The number of methoxy groups -OCH3 is 2. The zero-order chi connectivity index (χ0) is 15.2. The minimum Gasteiger partial charge on any atom is -0.481 e. The standard InChI is InChI=1S/C14H16BrN3O3/c1-20-6-5-18-14(11(15)9-17-18)12(19)7-10-3-4-13(21-2)16-8-10/h3-4,8-9H,5-7H2,1-2H3. The SMILES string of the molecule is COCCn1ncc(Br)c1C(=O)Cc1ccc(OC)nc1. The second-order valence-electron chi connectivity index (χ2n) is 4.37. The molecular formula is C14H16BrN3O3. The normalized spacial score (nSPS) is 10.6. The Morgan fingerprint density at radius 1 is 1.33 bits per heavy atom. The van der Waals surface area contributed by atoms with Crippen LogP contribution in [0.15, 0.2) is 29.0 Å². The van der Waals surface area contributed by atoms with Crippen molar-refractivity contribution < 1.29 is 14.3 Å². The Balaban J connectivity index is 2.13. The van der Waals surface area contributed by atoms with E-state index in [2.05, 4.69) is 26.0 Å². The lowest BCUT2D eigenvalue weighted by atomic mass is 10.1. The molecule has 2 aromatic heterocycles. The van der Waals surface area contributed by atoms with Gasteiger partial charge in [-0.05, 0) is 21.5 Å². The average molecular weight is 354 g/mol. The second kappa shape index (κ2) is 7.33. The van der Waals surface area contributed by atoms with Crippen molar-refractivity contribution in [3.8, 4) is 5.88 Å². The molecule has 0 N–H and O–H groups in total. The van der Waals surface area contributed by atoms with Crippen LogP contribution in [0.25, 0.3) is 0 Å². The Labute approximate surface area is 131 Å². The number of ketones is 1. The number of nitrogens with zero attached hydrogens (tertiary/aromatic N) is 3. The lowest BCUT2D eigenvalue weighted by Crippen LogP contribution is -2.15. The van der Waals surface area contributed by atoms with E-state index < -0.39 is 0 Å². The van der Waals surface area contributed by atoms with Gasteiger partial charge in [0.2, 0.25) is 5.88 Å². The highest BCUT2D eigenvalue weighted by Gasteiger charge is 2.17. The third-order valence-electron chi connectivity index (χ3n) is 2.94. The van der Waals surface area contributed by atoms with Gasteiger partial charge >= 0.3 is 0 Å². The van der Waals surface area contributed by atoms with Gasteiger partial charge < -0.3 is 9.47 Å². The van der Waals surface area contributed by atoms with Crippen molar-refractivity contribution in [2.75, 3.05) is 20.8 Å². The van der Waals surface area contributed by atoms with Crippen LogP contribution in [0.5, 0.6) is 5.88 Å². The molecule has 0 unspecified atom stereocenters. The van der Waals surface area contributed by atoms with Crippen molar-refractivity contribution in [2.24, 2.45) is 0 Å². The number of pyridine rings is 1. The molecule has 21 heavy (non-hydrogen) atoms. The molecule has 0 bridgehead atoms. The van der Waals surface area contributed by atoms with Crippen LogP contribution < -0.4 is 4.74 Å². The van der Waals surface area contributed by atoms with E-state index in [1.165, 1.54) is 0 Å². The predicted octanol–water partition coefficient (Wildman–Crippen LogP) is 2.12. The van der Waals surface area contributed by atoms with Gasteiger partial charge in [0.05, 0.1) is 30.9 Å². The smallest absolute Gasteiger partial charge is 0.212 e. The molecule has 0 spiro atoms. The molecule has 2 aromatic rings. The van der Waals surface area contributed by atoms with Crippen LogP contribution >= 0.6 is 15.9 Å². The van der Waals surface area contributed by atoms with Crippen LogP contribution in [0.2, 0.25) is 0 Å². The molecule has 6 nitrogen and oxygen atoms in total. The van der Waals surface area contributed by atoms with Gasteiger partial charge in [-0.3, -0.25) is 9.48 Å². The number of halogens is 1. The first kappa shape index (κ1) is 15.7. The van der Waals surface area contributed by atoms with E-state index in [1.54, 1.807) is 37.4 Å². The number of hydrogen-bond donors (Lipinski definition) is 0. The van der Waals surface area contributed by atoms with E-state index in [1.807, 2.05) is 6.07 Å². The summed E-state index contributed by atoms with van der Waals surface area (Å²) in [6.45, 7) is 1.03. The average Bonchev–Trinajstić information content (AvgIpc) is 2.87. The Morgan fingerprint density at radius 3 is 2.76 bits per heavy atom. The Kier molecular flexibility index (Phi) is 5.46. The van der Waals surface area contributed by atoms with Crippen LogP contribution in [-0.2, 0) is 17.7 Å². The Bertz CT molecular complexity index is 610. The molecule has 2 heterocycles. The number of carbonyl (C=O) groups is 1. The molecule has 0 saturated carbocycles. The second-order valence-corrected chi connectivity index (χ2v) is 5.22. The zero-order valence-corrected chi connectivity index (χ0v) is 13.5. The van der Waals surface area contributed by atoms with E-state index in [0.29, 0.717) is 29.2 Å². The molecule has 0 aliphatic rings. The maximum atomic E-state index is 12.4. The summed E-state index contributed by atoms with van der Waals surface area (Å²) in [5.41, 5.74) is 1.37. The molecule has 0 saturated heterocycles. The summed E-state index contributed by atoms with van der Waals surface area (Å²) in [5.74, 6) is 0.500. The molecule has 0 amide bonds. The van der Waals surface area contributed by atoms with Gasteiger partial charge in [-0.1, -0.05) is 6.07 Å². The van der Waals surface area contributed by atoms with Crippen LogP contribution in [0.3, 0.4) is 0 Å². The topological polar surface area (TPSA) is 66.2 Å². The van der Waals surface area contributed by atoms with Crippen LogP contribution in [-0.4, -0.2) is 41.4 Å². The molecule has 2 rings (SSSR count). The van der Waals surface area contributed by atoms with Crippen molar-refractivity contribution in [3.05, 3.63) is 40.3 Å². The number of Topliss-reactive ketones (excluding diaryl/α,β-unsaturated/α-hetero) is 1. The van der Waals surface area contributed by atoms with E-state index >= 15 is 0 Å². The first-order valence-electron chi connectivity index (χ1n) is 6.38. The van der Waals surface area contributed by atoms with Crippen LogP contribution in [0, 0.1) is 0 Å². The van der Waals surface area contributed by atoms with Crippen molar-refractivity contribution in [1.29, 1.82) is 0 Å². The zero-order valence-electron chi connectivity index (χ0n) is 11.9. The molecule has 0 fully saturated rings. The monoisotopic (exact) mass is 353 g/mol. The minimum atomic E-state index is -0.0255. The van der Waals surface area contributed by atoms with Gasteiger partial charge in [0.15, 0.2) is 5.78 Å². The van der Waals surface area contributed by atoms with Crippen molar-refractivity contribution in [1.82, 2.24) is 14.8 Å². The van der Waals surface area contributed by atoms with Crippen molar-refractivity contribution in [3.63, 3.8) is 0 Å². The maximum Gasteiger partial charge on any atom is 0.212 e. The van der Waals surface area contributed by atoms with Crippen LogP contribution in [0.4, 0.5) is 0 Å². The van der Waals surface area contributed by atoms with Gasteiger partial charge in [-0.2, -0.15) is 5.10 Å². The molecule has 0 aromatic carbocycles. The van der Waals surface area contributed by atoms with Crippen molar-refractivity contribution >= 4 is 21.7 Å². The lowest BCUT2D eigenvalue weighted by molar-refractivity contribution is 0.0978. The van der Waals surface area contributed by atoms with Gasteiger partial charge in [0.25, 0.3) is 0 Å². The van der Waals surface area contributed by atoms with Crippen LogP contribution in [0.1, 0.15) is 16.1 Å². The molecular weight excluding hydrogens is 338 g/mol. The third kappa shape index (κ3) is 3.89. The molecule has 7 heteroatoms. The highest BCUT2D eigenvalue weighted by atomic mass is 79.9. The number of aromatic nitrogens is 3. The van der Waals surface area contributed by atoms with Gasteiger partial charge in [-0.25, -0.2) is 4.98 Å². The van der Waals surface area contributed by atoms with E-state index in [-0.39, 0.29) is 12.2 Å². The Hall–Kier alpha value is -1.73. The summed E-state index contributed by atoms with van der Waals surface area (Å²) in [5, 5.41) is 4.18. The van der Waals surface area contributed by atoms with Gasteiger partial charge in [0.1, 0.15) is 5.69 Å². The largest absolute Gasteiger partial charge is 0.481 e. The molecule has 0 aliphatic carbocycles. The fourth-order valence-corrected chi connectivity index (χ4v) is 2.41. The highest BCUT2D eigenvalue weighted by Crippen LogP contribution is 2.19. The summed E-state index contributed by atoms with van der Waals surface area (Å²) in [7, 11) is 3.17. The van der Waals surface area contributed by atoms with Gasteiger partial charge in [0, 0.05) is 25.8 Å². The predicted molar refractivity (Wildman–Crippen MR) is 80.6 cm³/mol. The quantitative estimate of drug-likeness (QED) is 0.713. The first-order valence-corrected chi connectivity index (χ1v) is 7.17. The Morgan fingerprint density at radius 2 is 2.14 bits per heavy atom. The number of hydrogen-bond acceptors (Lipinski definition) is 5. The summed E-state index contributed by atoms with van der Waals surface area (Å²) >= 11 is 3.37.